The second kappa shape index (κ2) is 8.36. The number of carbonyl (C=O) groups is 1. The summed E-state index contributed by atoms with van der Waals surface area (Å²) >= 11 is 5.91. The van der Waals surface area contributed by atoms with Gasteiger partial charge in [0.05, 0.1) is 16.6 Å². The third-order valence-corrected chi connectivity index (χ3v) is 7.71. The molecule has 4 rings (SSSR count). The van der Waals surface area contributed by atoms with Gasteiger partial charge in [-0.15, -0.1) is 0 Å². The van der Waals surface area contributed by atoms with Gasteiger partial charge in [-0.2, -0.15) is 0 Å². The number of carbonyl (C=O) groups excluding carboxylic acids is 1. The summed E-state index contributed by atoms with van der Waals surface area (Å²) in [7, 11) is -3.73. The highest BCUT2D eigenvalue weighted by Gasteiger charge is 2.36. The number of nitrogens with zero attached hydrogens (tertiary/aromatic N) is 1. The number of halogens is 1. The van der Waals surface area contributed by atoms with Gasteiger partial charge in [0.15, 0.2) is 0 Å². The van der Waals surface area contributed by atoms with Gasteiger partial charge in [0, 0.05) is 16.6 Å². The lowest BCUT2D eigenvalue weighted by molar-refractivity contribution is 0.0940. The van der Waals surface area contributed by atoms with Crippen molar-refractivity contribution in [1.82, 2.24) is 5.32 Å². The van der Waals surface area contributed by atoms with Crippen LogP contribution in [-0.4, -0.2) is 20.4 Å². The van der Waals surface area contributed by atoms with Crippen molar-refractivity contribution >= 4 is 33.2 Å². The average Bonchev–Trinajstić information content (AvgIpc) is 3.10. The Kier molecular flexibility index (Phi) is 5.77. The van der Waals surface area contributed by atoms with Gasteiger partial charge in [-0.25, -0.2) is 8.42 Å². The van der Waals surface area contributed by atoms with Crippen LogP contribution in [-0.2, 0) is 16.4 Å². The molecule has 0 aliphatic carbocycles. The number of fused-ring (bicyclic) bond motifs is 1. The van der Waals surface area contributed by atoms with E-state index in [0.717, 1.165) is 11.1 Å². The van der Waals surface area contributed by atoms with E-state index in [-0.39, 0.29) is 22.9 Å². The fourth-order valence-electron chi connectivity index (χ4n) is 3.94. The summed E-state index contributed by atoms with van der Waals surface area (Å²) in [6.45, 7) is 3.80. The van der Waals surface area contributed by atoms with Crippen LogP contribution in [0, 0.1) is 0 Å². The standard InChI is InChI=1S/C24H23ClN2O3S/c1-16-14-20-15-19(24(28)26-17(2)18-6-4-3-5-7-18)8-13-23(20)27(16)31(29,30)22-11-9-21(25)10-12-22/h3-13,15-17H,14H2,1-2H3,(H,26,28)/t16-,17+/m0/s1. The van der Waals surface area contributed by atoms with Crippen molar-refractivity contribution in [2.75, 3.05) is 4.31 Å². The molecular weight excluding hydrogens is 432 g/mol. The van der Waals surface area contributed by atoms with Crippen LogP contribution < -0.4 is 9.62 Å². The molecule has 3 aromatic rings. The summed E-state index contributed by atoms with van der Waals surface area (Å²) in [4.78, 5) is 13.0. The smallest absolute Gasteiger partial charge is 0.264 e. The Balaban J connectivity index is 1.59. The molecule has 7 heteroatoms. The molecule has 0 spiro atoms. The van der Waals surface area contributed by atoms with Crippen LogP contribution >= 0.6 is 11.6 Å². The Morgan fingerprint density at radius 3 is 2.42 bits per heavy atom. The van der Waals surface area contributed by atoms with E-state index < -0.39 is 10.0 Å². The van der Waals surface area contributed by atoms with Crippen LogP contribution in [0.4, 0.5) is 5.69 Å². The maximum Gasteiger partial charge on any atom is 0.264 e. The normalized spacial score (nSPS) is 16.6. The molecule has 1 aliphatic rings. The van der Waals surface area contributed by atoms with Gasteiger partial charge in [0.1, 0.15) is 0 Å². The van der Waals surface area contributed by atoms with E-state index in [2.05, 4.69) is 5.32 Å². The van der Waals surface area contributed by atoms with Crippen LogP contribution in [0.15, 0.2) is 77.7 Å². The molecular formula is C24H23ClN2O3S. The second-order valence-electron chi connectivity index (χ2n) is 7.76. The molecule has 160 valence electrons. The molecule has 0 aromatic heterocycles. The second-order valence-corrected chi connectivity index (χ2v) is 10.0. The van der Waals surface area contributed by atoms with Gasteiger partial charge >= 0.3 is 0 Å². The Morgan fingerprint density at radius 1 is 1.06 bits per heavy atom. The summed E-state index contributed by atoms with van der Waals surface area (Å²) < 4.78 is 27.9. The van der Waals surface area contributed by atoms with E-state index in [1.807, 2.05) is 44.2 Å². The minimum Gasteiger partial charge on any atom is -0.346 e. The predicted octanol–water partition coefficient (Wildman–Crippen LogP) is 4.97. The van der Waals surface area contributed by atoms with Crippen molar-refractivity contribution in [2.24, 2.45) is 0 Å². The number of nitrogens with one attached hydrogen (secondary N) is 1. The summed E-state index contributed by atoms with van der Waals surface area (Å²) in [5.41, 5.74) is 2.98. The summed E-state index contributed by atoms with van der Waals surface area (Å²) in [6.07, 6.45) is 0.539. The minimum absolute atomic E-state index is 0.136. The van der Waals surface area contributed by atoms with Gasteiger partial charge in [-0.1, -0.05) is 41.9 Å². The third-order valence-electron chi connectivity index (χ3n) is 5.51. The Morgan fingerprint density at radius 2 is 1.74 bits per heavy atom. The lowest BCUT2D eigenvalue weighted by Gasteiger charge is -2.24. The first-order valence-corrected chi connectivity index (χ1v) is 11.9. The van der Waals surface area contributed by atoms with Crippen molar-refractivity contribution in [3.63, 3.8) is 0 Å². The molecule has 0 radical (unpaired) electrons. The van der Waals surface area contributed by atoms with Gasteiger partial charge in [-0.3, -0.25) is 9.10 Å². The van der Waals surface area contributed by atoms with Gasteiger partial charge in [0.2, 0.25) is 0 Å². The van der Waals surface area contributed by atoms with E-state index in [4.69, 9.17) is 11.6 Å². The van der Waals surface area contributed by atoms with Crippen molar-refractivity contribution in [2.45, 2.75) is 37.2 Å². The number of rotatable bonds is 5. The van der Waals surface area contributed by atoms with Crippen LogP contribution in [0.2, 0.25) is 5.02 Å². The quantitative estimate of drug-likeness (QED) is 0.591. The van der Waals surface area contributed by atoms with E-state index in [9.17, 15) is 13.2 Å². The molecule has 0 fully saturated rings. The summed E-state index contributed by atoms with van der Waals surface area (Å²) in [5.74, 6) is -0.189. The van der Waals surface area contributed by atoms with Crippen LogP contribution in [0.25, 0.3) is 0 Å². The number of hydrogen-bond donors (Lipinski definition) is 1. The maximum absolute atomic E-state index is 13.2. The van der Waals surface area contributed by atoms with E-state index in [1.165, 1.54) is 16.4 Å². The monoisotopic (exact) mass is 454 g/mol. The average molecular weight is 455 g/mol. The molecule has 1 aliphatic heterocycles. The van der Waals surface area contributed by atoms with Crippen LogP contribution in [0.5, 0.6) is 0 Å². The molecule has 1 heterocycles. The highest BCUT2D eigenvalue weighted by atomic mass is 35.5. The highest BCUT2D eigenvalue weighted by molar-refractivity contribution is 7.92. The zero-order chi connectivity index (χ0) is 22.2. The van der Waals surface area contributed by atoms with E-state index >= 15 is 0 Å². The SMILES string of the molecule is C[C@@H](NC(=O)c1ccc2c(c1)C[C@H](C)N2S(=O)(=O)c1ccc(Cl)cc1)c1ccccc1. The number of anilines is 1. The first kappa shape index (κ1) is 21.4. The zero-order valence-corrected chi connectivity index (χ0v) is 18.8. The summed E-state index contributed by atoms with van der Waals surface area (Å²) in [6, 6.07) is 20.7. The molecule has 1 amide bonds. The molecule has 1 N–H and O–H groups in total. The molecule has 2 atom stereocenters. The van der Waals surface area contributed by atoms with E-state index in [1.54, 1.807) is 30.3 Å². The van der Waals surface area contributed by atoms with Crippen LogP contribution in [0.3, 0.4) is 0 Å². The Labute approximate surface area is 187 Å². The van der Waals surface area contributed by atoms with Gasteiger partial charge in [-0.05, 0) is 73.9 Å². The predicted molar refractivity (Wildman–Crippen MR) is 123 cm³/mol. The fourth-order valence-corrected chi connectivity index (χ4v) is 5.75. The number of sulfonamides is 1. The summed E-state index contributed by atoms with van der Waals surface area (Å²) in [5, 5.41) is 3.48. The first-order chi connectivity index (χ1) is 14.8. The fraction of sp³-hybridized carbons (Fsp3) is 0.208. The van der Waals surface area contributed by atoms with Gasteiger partial charge in [0.25, 0.3) is 15.9 Å². The molecule has 0 saturated carbocycles. The molecule has 5 nitrogen and oxygen atoms in total. The molecule has 0 bridgehead atoms. The largest absolute Gasteiger partial charge is 0.346 e. The van der Waals surface area contributed by atoms with Crippen molar-refractivity contribution in [3.05, 3.63) is 94.5 Å². The third kappa shape index (κ3) is 4.18. The van der Waals surface area contributed by atoms with Crippen molar-refractivity contribution in [1.29, 1.82) is 0 Å². The number of hydrogen-bond acceptors (Lipinski definition) is 3. The van der Waals surface area contributed by atoms with E-state index in [0.29, 0.717) is 22.7 Å². The zero-order valence-electron chi connectivity index (χ0n) is 17.2. The molecule has 3 aromatic carbocycles. The van der Waals surface area contributed by atoms with Crippen molar-refractivity contribution in [3.8, 4) is 0 Å². The number of benzene rings is 3. The molecule has 31 heavy (non-hydrogen) atoms. The Hall–Kier alpha value is -2.83. The molecule has 0 unspecified atom stereocenters. The highest BCUT2D eigenvalue weighted by Crippen LogP contribution is 2.37. The lowest BCUT2D eigenvalue weighted by atomic mass is 10.0. The Bertz CT molecular complexity index is 1210. The maximum atomic E-state index is 13.2. The minimum atomic E-state index is -3.73. The van der Waals surface area contributed by atoms with Crippen molar-refractivity contribution < 1.29 is 13.2 Å². The number of amides is 1. The van der Waals surface area contributed by atoms with Gasteiger partial charge < -0.3 is 5.32 Å². The first-order valence-electron chi connectivity index (χ1n) is 10.1. The topological polar surface area (TPSA) is 66.5 Å². The van der Waals surface area contributed by atoms with Crippen LogP contribution in [0.1, 0.15) is 41.4 Å². The molecule has 0 saturated heterocycles. The lowest BCUT2D eigenvalue weighted by Crippen LogP contribution is -2.35.